The van der Waals surface area contributed by atoms with E-state index in [1.165, 1.54) is 6.08 Å². The predicted molar refractivity (Wildman–Crippen MR) is 126 cm³/mol. The lowest BCUT2D eigenvalue weighted by atomic mass is 10.1. The molecule has 1 aliphatic heterocycles. The first-order valence-corrected chi connectivity index (χ1v) is 11.7. The molecule has 0 aliphatic carbocycles. The standard InChI is InChI=1S/C23H14Cl2N2OS2/c1-29-17-8-9-22-20(12-17)27(19-4-2-3-5-21(19)30-22)23(28)15(13-26)10-14-6-7-16(24)11-18(14)25/h2-12H,1H3/b15-10+. The number of nitrogens with zero attached hydrogens (tertiary/aromatic N) is 2. The maximum Gasteiger partial charge on any atom is 0.273 e. The Hall–Kier alpha value is -2.36. The molecule has 4 rings (SSSR count). The Morgan fingerprint density at radius 2 is 1.83 bits per heavy atom. The van der Waals surface area contributed by atoms with Gasteiger partial charge in [-0.2, -0.15) is 5.26 Å². The molecule has 1 heterocycles. The zero-order valence-corrected chi connectivity index (χ0v) is 18.9. The number of rotatable bonds is 3. The van der Waals surface area contributed by atoms with Crippen LogP contribution in [-0.2, 0) is 4.79 Å². The Balaban J connectivity index is 1.85. The average molecular weight is 469 g/mol. The molecule has 0 atom stereocenters. The van der Waals surface area contributed by atoms with Gasteiger partial charge in [-0.1, -0.05) is 53.2 Å². The van der Waals surface area contributed by atoms with Crippen LogP contribution in [0.2, 0.25) is 10.0 Å². The Morgan fingerprint density at radius 1 is 1.07 bits per heavy atom. The number of nitriles is 1. The van der Waals surface area contributed by atoms with Crippen molar-refractivity contribution in [1.82, 2.24) is 0 Å². The van der Waals surface area contributed by atoms with Crippen LogP contribution in [-0.4, -0.2) is 12.2 Å². The molecule has 30 heavy (non-hydrogen) atoms. The van der Waals surface area contributed by atoms with Crippen LogP contribution in [0.25, 0.3) is 6.08 Å². The second kappa shape index (κ2) is 8.79. The Labute approximate surface area is 193 Å². The molecule has 0 bridgehead atoms. The van der Waals surface area contributed by atoms with Crippen LogP contribution in [0.1, 0.15) is 5.56 Å². The van der Waals surface area contributed by atoms with Crippen molar-refractivity contribution in [2.45, 2.75) is 14.7 Å². The fourth-order valence-electron chi connectivity index (χ4n) is 3.12. The summed E-state index contributed by atoms with van der Waals surface area (Å²) in [7, 11) is 0. The van der Waals surface area contributed by atoms with Gasteiger partial charge in [0.15, 0.2) is 0 Å². The quantitative estimate of drug-likeness (QED) is 0.227. The highest BCUT2D eigenvalue weighted by Crippen LogP contribution is 2.49. The summed E-state index contributed by atoms with van der Waals surface area (Å²) in [5.41, 5.74) is 2.06. The van der Waals surface area contributed by atoms with E-state index in [1.54, 1.807) is 46.6 Å². The average Bonchev–Trinajstić information content (AvgIpc) is 2.76. The van der Waals surface area contributed by atoms with Gasteiger partial charge in [-0.25, -0.2) is 0 Å². The molecule has 1 aliphatic rings. The van der Waals surface area contributed by atoms with Gasteiger partial charge in [-0.3, -0.25) is 9.69 Å². The highest BCUT2D eigenvalue weighted by molar-refractivity contribution is 8.00. The maximum absolute atomic E-state index is 13.6. The third-order valence-electron chi connectivity index (χ3n) is 4.55. The molecule has 0 saturated heterocycles. The van der Waals surface area contributed by atoms with E-state index in [9.17, 15) is 10.1 Å². The van der Waals surface area contributed by atoms with Gasteiger partial charge in [-0.15, -0.1) is 11.8 Å². The summed E-state index contributed by atoms with van der Waals surface area (Å²) >= 11 is 15.4. The number of para-hydroxylation sites is 1. The molecule has 0 radical (unpaired) electrons. The van der Waals surface area contributed by atoms with Gasteiger partial charge in [0, 0.05) is 24.7 Å². The monoisotopic (exact) mass is 468 g/mol. The second-order valence-corrected chi connectivity index (χ2v) is 9.19. The number of carbonyl (C=O) groups is 1. The SMILES string of the molecule is CSc1ccc2c(c1)N(C(=O)/C(C#N)=C/c1ccc(Cl)cc1Cl)c1ccccc1S2. The van der Waals surface area contributed by atoms with Crippen LogP contribution in [0.15, 0.2) is 80.9 Å². The number of thioether (sulfide) groups is 1. The van der Waals surface area contributed by atoms with E-state index in [4.69, 9.17) is 23.2 Å². The zero-order valence-electron chi connectivity index (χ0n) is 15.7. The third-order valence-corrected chi connectivity index (χ3v) is 6.97. The molecule has 0 aromatic heterocycles. The second-order valence-electron chi connectivity index (χ2n) is 6.38. The molecule has 0 fully saturated rings. The number of fused-ring (bicyclic) bond motifs is 2. The summed E-state index contributed by atoms with van der Waals surface area (Å²) in [5, 5.41) is 10.7. The van der Waals surface area contributed by atoms with E-state index in [-0.39, 0.29) is 5.57 Å². The first-order chi connectivity index (χ1) is 14.5. The van der Waals surface area contributed by atoms with E-state index in [0.29, 0.717) is 15.6 Å². The topological polar surface area (TPSA) is 44.1 Å². The van der Waals surface area contributed by atoms with Crippen LogP contribution in [0.3, 0.4) is 0 Å². The minimum absolute atomic E-state index is 0.0126. The number of benzene rings is 3. The fraction of sp³-hybridized carbons (Fsp3) is 0.0435. The molecule has 3 nitrogen and oxygen atoms in total. The number of amides is 1. The lowest BCUT2D eigenvalue weighted by Crippen LogP contribution is -2.29. The smallest absolute Gasteiger partial charge is 0.273 e. The van der Waals surface area contributed by atoms with Crippen molar-refractivity contribution < 1.29 is 4.79 Å². The highest BCUT2D eigenvalue weighted by atomic mass is 35.5. The normalized spacial score (nSPS) is 12.7. The van der Waals surface area contributed by atoms with Crippen LogP contribution in [0, 0.1) is 11.3 Å². The summed E-state index contributed by atoms with van der Waals surface area (Å²) in [4.78, 5) is 18.2. The number of hydrogen-bond donors (Lipinski definition) is 0. The van der Waals surface area contributed by atoms with Gasteiger partial charge < -0.3 is 0 Å². The number of anilines is 2. The molecular weight excluding hydrogens is 455 g/mol. The van der Waals surface area contributed by atoms with Crippen molar-refractivity contribution in [3.8, 4) is 6.07 Å². The van der Waals surface area contributed by atoms with Gasteiger partial charge in [-0.05, 0) is 60.4 Å². The fourth-order valence-corrected chi connectivity index (χ4v) is 5.05. The van der Waals surface area contributed by atoms with Gasteiger partial charge >= 0.3 is 0 Å². The van der Waals surface area contributed by atoms with E-state index in [1.807, 2.05) is 54.8 Å². The zero-order chi connectivity index (χ0) is 21.3. The number of halogens is 2. The maximum atomic E-state index is 13.6. The van der Waals surface area contributed by atoms with Gasteiger partial charge in [0.05, 0.1) is 11.4 Å². The van der Waals surface area contributed by atoms with Gasteiger partial charge in [0.25, 0.3) is 5.91 Å². The molecule has 3 aromatic carbocycles. The van der Waals surface area contributed by atoms with Crippen molar-refractivity contribution in [1.29, 1.82) is 5.26 Å². The Kier molecular flexibility index (Phi) is 6.12. The first-order valence-electron chi connectivity index (χ1n) is 8.88. The van der Waals surface area contributed by atoms with Gasteiger partial charge in [0.2, 0.25) is 0 Å². The van der Waals surface area contributed by atoms with E-state index in [2.05, 4.69) is 0 Å². The van der Waals surface area contributed by atoms with Crippen molar-refractivity contribution >= 4 is 70.1 Å². The summed E-state index contributed by atoms with van der Waals surface area (Å²) in [6.07, 6.45) is 3.49. The Morgan fingerprint density at radius 3 is 2.57 bits per heavy atom. The van der Waals surface area contributed by atoms with Crippen LogP contribution >= 0.6 is 46.7 Å². The molecular formula is C23H14Cl2N2OS2. The molecule has 0 N–H and O–H groups in total. The molecule has 0 spiro atoms. The molecule has 3 aromatic rings. The lowest BCUT2D eigenvalue weighted by molar-refractivity contribution is -0.114. The molecule has 1 amide bonds. The summed E-state index contributed by atoms with van der Waals surface area (Å²) in [6, 6.07) is 20.7. The third kappa shape index (κ3) is 3.97. The van der Waals surface area contributed by atoms with Crippen LogP contribution in [0.4, 0.5) is 11.4 Å². The van der Waals surface area contributed by atoms with Crippen LogP contribution < -0.4 is 4.90 Å². The summed E-state index contributed by atoms with van der Waals surface area (Å²) in [6.45, 7) is 0. The number of carbonyl (C=O) groups excluding carboxylic acids is 1. The van der Waals surface area contributed by atoms with E-state index >= 15 is 0 Å². The van der Waals surface area contributed by atoms with E-state index in [0.717, 1.165) is 26.1 Å². The van der Waals surface area contributed by atoms with Crippen molar-refractivity contribution in [3.05, 3.63) is 81.8 Å². The summed E-state index contributed by atoms with van der Waals surface area (Å²) in [5.74, 6) is -0.407. The summed E-state index contributed by atoms with van der Waals surface area (Å²) < 4.78 is 0. The molecule has 0 unspecified atom stereocenters. The first kappa shape index (κ1) is 20.9. The molecule has 0 saturated carbocycles. The minimum atomic E-state index is -0.407. The Bertz CT molecular complexity index is 1230. The van der Waals surface area contributed by atoms with Crippen molar-refractivity contribution in [2.75, 3.05) is 11.2 Å². The predicted octanol–water partition coefficient (Wildman–Crippen LogP) is 7.45. The minimum Gasteiger partial charge on any atom is -0.274 e. The van der Waals surface area contributed by atoms with E-state index < -0.39 is 5.91 Å². The van der Waals surface area contributed by atoms with Crippen molar-refractivity contribution in [3.63, 3.8) is 0 Å². The van der Waals surface area contributed by atoms with Crippen molar-refractivity contribution in [2.24, 2.45) is 0 Å². The molecule has 148 valence electrons. The highest BCUT2D eigenvalue weighted by Gasteiger charge is 2.30. The van der Waals surface area contributed by atoms with Gasteiger partial charge in [0.1, 0.15) is 11.6 Å². The number of hydrogen-bond acceptors (Lipinski definition) is 4. The van der Waals surface area contributed by atoms with Crippen LogP contribution in [0.5, 0.6) is 0 Å². The largest absolute Gasteiger partial charge is 0.274 e. The lowest BCUT2D eigenvalue weighted by Gasteiger charge is -2.31. The molecule has 7 heteroatoms.